The zero-order valence-electron chi connectivity index (χ0n) is 29.9. The maximum atomic E-state index is 14.2. The molecule has 3 aromatic rings. The van der Waals surface area contributed by atoms with Crippen molar-refractivity contribution in [2.75, 3.05) is 11.5 Å². The summed E-state index contributed by atoms with van der Waals surface area (Å²) in [6, 6.07) is 0.778. The summed E-state index contributed by atoms with van der Waals surface area (Å²) >= 11 is 0. The third kappa shape index (κ3) is 9.24. The van der Waals surface area contributed by atoms with Crippen molar-refractivity contribution >= 4 is 17.8 Å². The van der Waals surface area contributed by atoms with E-state index in [9.17, 15) is 35.9 Å². The lowest BCUT2D eigenvalue weighted by Gasteiger charge is -2.49. The Kier molecular flexibility index (Phi) is 12.2. The second-order valence-electron chi connectivity index (χ2n) is 13.9. The van der Waals surface area contributed by atoms with Gasteiger partial charge in [-0.05, 0) is 88.0 Å². The van der Waals surface area contributed by atoms with E-state index in [4.69, 9.17) is 4.74 Å². The lowest BCUT2D eigenvalue weighted by atomic mass is 9.78. The Morgan fingerprint density at radius 3 is 1.90 bits per heavy atom. The van der Waals surface area contributed by atoms with Gasteiger partial charge < -0.3 is 14.5 Å². The van der Waals surface area contributed by atoms with Gasteiger partial charge in [0.2, 0.25) is 11.9 Å². The van der Waals surface area contributed by atoms with Gasteiger partial charge in [-0.15, -0.1) is 0 Å². The summed E-state index contributed by atoms with van der Waals surface area (Å²) in [6.07, 6.45) is 1.76. The first-order valence-electron chi connectivity index (χ1n) is 17.9. The maximum absolute atomic E-state index is 14.2. The van der Waals surface area contributed by atoms with Gasteiger partial charge in [0.05, 0.1) is 23.9 Å². The van der Waals surface area contributed by atoms with E-state index in [-0.39, 0.29) is 59.9 Å². The molecule has 1 aliphatic heterocycles. The van der Waals surface area contributed by atoms with E-state index >= 15 is 0 Å². The van der Waals surface area contributed by atoms with Crippen LogP contribution >= 0.6 is 0 Å². The zero-order valence-corrected chi connectivity index (χ0v) is 29.9. The monoisotopic (exact) mass is 736 g/mol. The van der Waals surface area contributed by atoms with Crippen LogP contribution in [0.5, 0.6) is 0 Å². The van der Waals surface area contributed by atoms with Crippen LogP contribution in [0.3, 0.4) is 0 Å². The number of piperidine rings is 1. The molecule has 1 aromatic carbocycles. The van der Waals surface area contributed by atoms with Crippen molar-refractivity contribution in [1.29, 1.82) is 0 Å². The van der Waals surface area contributed by atoms with Crippen molar-refractivity contribution in [3.63, 3.8) is 0 Å². The minimum atomic E-state index is -4.99. The van der Waals surface area contributed by atoms with Crippen LogP contribution in [0, 0.1) is 11.8 Å². The van der Waals surface area contributed by atoms with Crippen LogP contribution in [-0.4, -0.2) is 61.3 Å². The Hall–Kier alpha value is -4.17. The normalized spacial score (nSPS) is 22.7. The van der Waals surface area contributed by atoms with Crippen LogP contribution in [0.1, 0.15) is 95.2 Å². The van der Waals surface area contributed by atoms with E-state index in [0.29, 0.717) is 57.1 Å². The SMILES string of the molecule is CCOC(=O)C[C@H]1CC[C@H](C(=O)N2[C@H](CC)CC(N(Cc3cc(C(F)(F)F)cc(C(F)(F)F)c3)c3ncc(-c4cnn(C)c4)cn3)C[C@@H]2CC)CC1. The number of aryl methyl sites for hydroxylation is 1. The molecular weight excluding hydrogens is 690 g/mol. The van der Waals surface area contributed by atoms with E-state index < -0.39 is 29.5 Å². The number of halogens is 6. The van der Waals surface area contributed by atoms with Crippen molar-refractivity contribution in [1.82, 2.24) is 24.6 Å². The Morgan fingerprint density at radius 2 is 1.42 bits per heavy atom. The van der Waals surface area contributed by atoms with E-state index in [2.05, 4.69) is 15.1 Å². The fourth-order valence-corrected chi connectivity index (χ4v) is 7.73. The maximum Gasteiger partial charge on any atom is 0.416 e. The molecule has 1 saturated heterocycles. The molecule has 0 radical (unpaired) electrons. The van der Waals surface area contributed by atoms with Crippen LogP contribution < -0.4 is 4.90 Å². The quantitative estimate of drug-likeness (QED) is 0.145. The molecule has 2 aliphatic rings. The van der Waals surface area contributed by atoms with Crippen LogP contribution in [0.25, 0.3) is 11.1 Å². The van der Waals surface area contributed by atoms with Crippen molar-refractivity contribution in [3.05, 3.63) is 59.7 Å². The number of esters is 1. The third-order valence-corrected chi connectivity index (χ3v) is 10.4. The van der Waals surface area contributed by atoms with Crippen molar-refractivity contribution < 1.29 is 40.7 Å². The van der Waals surface area contributed by atoms with Gasteiger partial charge in [0.1, 0.15) is 0 Å². The highest BCUT2D eigenvalue weighted by atomic mass is 19.4. The van der Waals surface area contributed by atoms with Gasteiger partial charge in [0.25, 0.3) is 0 Å². The van der Waals surface area contributed by atoms with Crippen LogP contribution in [0.4, 0.5) is 32.3 Å². The number of ether oxygens (including phenoxy) is 1. The van der Waals surface area contributed by atoms with Gasteiger partial charge in [0, 0.05) is 73.8 Å². The van der Waals surface area contributed by atoms with E-state index in [1.165, 1.54) is 0 Å². The Balaban J connectivity index is 1.44. The standard InChI is InChI=1S/C37H46F6N6O3/c1-5-30-16-32(17-31(6-2)49(30)34(51)25-10-8-23(9-11-25)14-33(50)52-7-3)48(35-44-18-26(19-45-35)27-20-46-47(4)22-27)21-24-12-28(36(38,39)40)15-29(13-24)37(41,42)43/h12-13,15,18-20,22-23,25,30-32H,5-11,14,16-17,21H2,1-4H3/t23-,25-,30-,31+,32?. The predicted molar refractivity (Wildman–Crippen MR) is 182 cm³/mol. The fourth-order valence-electron chi connectivity index (χ4n) is 7.73. The van der Waals surface area contributed by atoms with Gasteiger partial charge in [-0.3, -0.25) is 14.3 Å². The molecule has 2 aromatic heterocycles. The Labute approximate surface area is 299 Å². The smallest absolute Gasteiger partial charge is 0.416 e. The molecule has 52 heavy (non-hydrogen) atoms. The van der Waals surface area contributed by atoms with Crippen LogP contribution in [-0.2, 0) is 40.3 Å². The lowest BCUT2D eigenvalue weighted by Crippen LogP contribution is -2.58. The van der Waals surface area contributed by atoms with Gasteiger partial charge in [-0.2, -0.15) is 31.4 Å². The predicted octanol–water partition coefficient (Wildman–Crippen LogP) is 8.23. The molecule has 1 unspecified atom stereocenters. The average molecular weight is 737 g/mol. The largest absolute Gasteiger partial charge is 0.466 e. The number of nitrogens with zero attached hydrogens (tertiary/aromatic N) is 6. The number of benzene rings is 1. The third-order valence-electron chi connectivity index (χ3n) is 10.4. The van der Waals surface area contributed by atoms with E-state index in [1.807, 2.05) is 18.7 Å². The molecule has 1 aliphatic carbocycles. The summed E-state index contributed by atoms with van der Waals surface area (Å²) in [5.74, 6) is -0.0273. The van der Waals surface area contributed by atoms with Gasteiger partial charge in [-0.25, -0.2) is 9.97 Å². The van der Waals surface area contributed by atoms with Gasteiger partial charge >= 0.3 is 18.3 Å². The topological polar surface area (TPSA) is 93.5 Å². The number of rotatable bonds is 11. The van der Waals surface area contributed by atoms with Gasteiger partial charge in [0.15, 0.2) is 0 Å². The molecule has 3 atom stereocenters. The molecule has 3 heterocycles. The Morgan fingerprint density at radius 1 is 0.846 bits per heavy atom. The highest BCUT2D eigenvalue weighted by Crippen LogP contribution is 2.40. The Bertz CT molecular complexity index is 1620. The van der Waals surface area contributed by atoms with Gasteiger partial charge in [-0.1, -0.05) is 13.8 Å². The number of likely N-dealkylation sites (tertiary alicyclic amines) is 1. The molecule has 0 N–H and O–H groups in total. The first-order chi connectivity index (χ1) is 24.6. The second kappa shape index (κ2) is 16.2. The average Bonchev–Trinajstić information content (AvgIpc) is 3.55. The summed E-state index contributed by atoms with van der Waals surface area (Å²) < 4.78 is 89.9. The highest BCUT2D eigenvalue weighted by molar-refractivity contribution is 5.80. The molecule has 15 heteroatoms. The van der Waals surface area contributed by atoms with Crippen LogP contribution in [0.15, 0.2) is 43.0 Å². The molecule has 5 rings (SSSR count). The number of hydrogen-bond acceptors (Lipinski definition) is 7. The summed E-state index contributed by atoms with van der Waals surface area (Å²) in [5.41, 5.74) is -1.57. The molecule has 9 nitrogen and oxygen atoms in total. The molecule has 1 amide bonds. The molecule has 0 bridgehead atoms. The molecule has 0 spiro atoms. The summed E-state index contributed by atoms with van der Waals surface area (Å²) in [4.78, 5) is 39.0. The first-order valence-corrected chi connectivity index (χ1v) is 17.9. The number of amides is 1. The fraction of sp³-hybridized carbons (Fsp3) is 0.595. The molecule has 1 saturated carbocycles. The number of hydrogen-bond donors (Lipinski definition) is 0. The van der Waals surface area contributed by atoms with Crippen molar-refractivity contribution in [2.45, 2.75) is 116 Å². The lowest BCUT2D eigenvalue weighted by molar-refractivity contribution is -0.146. The second-order valence-corrected chi connectivity index (χ2v) is 13.9. The highest BCUT2D eigenvalue weighted by Gasteiger charge is 2.43. The number of carbonyl (C=O) groups is 2. The number of aromatic nitrogens is 4. The first kappa shape index (κ1) is 39.0. The summed E-state index contributed by atoms with van der Waals surface area (Å²) in [7, 11) is 1.76. The number of alkyl halides is 6. The summed E-state index contributed by atoms with van der Waals surface area (Å²) in [5, 5.41) is 4.16. The van der Waals surface area contributed by atoms with Crippen LogP contribution in [0.2, 0.25) is 0 Å². The van der Waals surface area contributed by atoms with E-state index in [0.717, 1.165) is 30.5 Å². The number of carbonyl (C=O) groups excluding carboxylic acids is 2. The minimum Gasteiger partial charge on any atom is -0.466 e. The molecule has 284 valence electrons. The minimum absolute atomic E-state index is 0.0584. The van der Waals surface area contributed by atoms with E-state index in [1.54, 1.807) is 48.3 Å². The van der Waals surface area contributed by atoms with Crippen molar-refractivity contribution in [2.24, 2.45) is 18.9 Å². The zero-order chi connectivity index (χ0) is 37.8. The number of anilines is 1. The molecular formula is C37H46F6N6O3. The molecule has 2 fully saturated rings. The summed E-state index contributed by atoms with van der Waals surface area (Å²) in [6.45, 7) is 5.74. The van der Waals surface area contributed by atoms with Crippen molar-refractivity contribution in [3.8, 4) is 11.1 Å².